The number of carboxylic acid groups (broad SMARTS) is 1. The number of hydrogen-bond donors (Lipinski definition) is 3. The second-order valence-electron chi connectivity index (χ2n) is 5.34. The number of nitrogens with two attached hydrogens (primary N) is 1. The van der Waals surface area contributed by atoms with E-state index in [1.54, 1.807) is 20.8 Å². The Morgan fingerprint density at radius 2 is 1.95 bits per heavy atom. The fourth-order valence-corrected chi connectivity index (χ4v) is 1.58. The SMILES string of the molecule is CC(C)(C)[C@H](NC(=O)c1cc(F)ccc1N)C(=O)O. The third-order valence-electron chi connectivity index (χ3n) is 2.65. The lowest BCUT2D eigenvalue weighted by atomic mass is 9.86. The van der Waals surface area contributed by atoms with Crippen molar-refractivity contribution in [2.75, 3.05) is 5.73 Å². The van der Waals surface area contributed by atoms with Gasteiger partial charge in [0.15, 0.2) is 0 Å². The molecule has 1 aromatic rings. The first-order valence-corrected chi connectivity index (χ1v) is 5.71. The average Bonchev–Trinajstić information content (AvgIpc) is 2.26. The zero-order chi connectivity index (χ0) is 14.8. The largest absolute Gasteiger partial charge is 0.480 e. The Labute approximate surface area is 110 Å². The van der Waals surface area contributed by atoms with Crippen molar-refractivity contribution in [1.29, 1.82) is 0 Å². The van der Waals surface area contributed by atoms with E-state index in [1.807, 2.05) is 0 Å². The van der Waals surface area contributed by atoms with Crippen LogP contribution >= 0.6 is 0 Å². The molecular weight excluding hydrogens is 251 g/mol. The number of rotatable bonds is 3. The van der Waals surface area contributed by atoms with Crippen LogP contribution in [-0.4, -0.2) is 23.0 Å². The van der Waals surface area contributed by atoms with Crippen LogP contribution in [0.4, 0.5) is 10.1 Å². The molecule has 0 radical (unpaired) electrons. The van der Waals surface area contributed by atoms with Crippen molar-refractivity contribution < 1.29 is 19.1 Å². The van der Waals surface area contributed by atoms with Crippen LogP contribution in [0.3, 0.4) is 0 Å². The molecular formula is C13H17FN2O3. The molecule has 6 heteroatoms. The maximum absolute atomic E-state index is 13.1. The minimum Gasteiger partial charge on any atom is -0.480 e. The summed E-state index contributed by atoms with van der Waals surface area (Å²) in [4.78, 5) is 23.1. The molecule has 0 bridgehead atoms. The van der Waals surface area contributed by atoms with Crippen LogP contribution in [0.2, 0.25) is 0 Å². The van der Waals surface area contributed by atoms with Crippen molar-refractivity contribution in [3.05, 3.63) is 29.6 Å². The number of halogens is 1. The fraction of sp³-hybridized carbons (Fsp3) is 0.385. The summed E-state index contributed by atoms with van der Waals surface area (Å²) in [6, 6.07) is 2.27. The van der Waals surface area contributed by atoms with Crippen molar-refractivity contribution in [1.82, 2.24) is 5.32 Å². The van der Waals surface area contributed by atoms with Crippen molar-refractivity contribution in [2.45, 2.75) is 26.8 Å². The van der Waals surface area contributed by atoms with Gasteiger partial charge in [-0.15, -0.1) is 0 Å². The Kier molecular flexibility index (Phi) is 4.14. The van der Waals surface area contributed by atoms with Gasteiger partial charge in [0, 0.05) is 5.69 Å². The number of benzene rings is 1. The second kappa shape index (κ2) is 5.26. The summed E-state index contributed by atoms with van der Waals surface area (Å²) in [6.45, 7) is 5.04. The average molecular weight is 268 g/mol. The molecule has 1 rings (SSSR count). The summed E-state index contributed by atoms with van der Waals surface area (Å²) in [7, 11) is 0. The molecule has 0 spiro atoms. The Balaban J connectivity index is 3.01. The number of hydrogen-bond acceptors (Lipinski definition) is 3. The molecule has 0 fully saturated rings. The van der Waals surface area contributed by atoms with E-state index in [1.165, 1.54) is 6.07 Å². The highest BCUT2D eigenvalue weighted by atomic mass is 19.1. The van der Waals surface area contributed by atoms with E-state index in [2.05, 4.69) is 5.32 Å². The zero-order valence-corrected chi connectivity index (χ0v) is 11.0. The molecule has 5 nitrogen and oxygen atoms in total. The summed E-state index contributed by atoms with van der Waals surface area (Å²) in [6.07, 6.45) is 0. The Morgan fingerprint density at radius 3 is 2.42 bits per heavy atom. The van der Waals surface area contributed by atoms with E-state index >= 15 is 0 Å². The molecule has 0 unspecified atom stereocenters. The normalized spacial score (nSPS) is 12.8. The zero-order valence-electron chi connectivity index (χ0n) is 11.0. The Bertz CT molecular complexity index is 509. The van der Waals surface area contributed by atoms with Crippen molar-refractivity contribution in [2.24, 2.45) is 5.41 Å². The minimum atomic E-state index is -1.16. The predicted octanol–water partition coefficient (Wildman–Crippen LogP) is 1.64. The van der Waals surface area contributed by atoms with Crippen LogP contribution in [-0.2, 0) is 4.79 Å². The molecule has 4 N–H and O–H groups in total. The lowest BCUT2D eigenvalue weighted by Crippen LogP contribution is -2.49. The summed E-state index contributed by atoms with van der Waals surface area (Å²) in [5, 5.41) is 11.5. The number of carbonyl (C=O) groups is 2. The van der Waals surface area contributed by atoms with Crippen molar-refractivity contribution >= 4 is 17.6 Å². The van der Waals surface area contributed by atoms with Crippen LogP contribution in [0.25, 0.3) is 0 Å². The minimum absolute atomic E-state index is 0.0736. The Morgan fingerprint density at radius 1 is 1.37 bits per heavy atom. The van der Waals surface area contributed by atoms with Gasteiger partial charge in [0.05, 0.1) is 5.56 Å². The molecule has 1 atom stereocenters. The summed E-state index contributed by atoms with van der Waals surface area (Å²) < 4.78 is 13.1. The first-order chi connectivity index (χ1) is 8.62. The summed E-state index contributed by atoms with van der Waals surface area (Å²) in [5.74, 6) is -2.47. The number of nitrogen functional groups attached to an aromatic ring is 1. The molecule has 0 aliphatic heterocycles. The first-order valence-electron chi connectivity index (χ1n) is 5.71. The van der Waals surface area contributed by atoms with Crippen LogP contribution in [0, 0.1) is 11.2 Å². The smallest absolute Gasteiger partial charge is 0.326 e. The highest BCUT2D eigenvalue weighted by molar-refractivity contribution is 6.00. The van der Waals surface area contributed by atoms with Gasteiger partial charge in [0.1, 0.15) is 11.9 Å². The predicted molar refractivity (Wildman–Crippen MR) is 69.2 cm³/mol. The van der Waals surface area contributed by atoms with Gasteiger partial charge in [0.25, 0.3) is 5.91 Å². The first kappa shape index (κ1) is 14.9. The van der Waals surface area contributed by atoms with Gasteiger partial charge in [-0.25, -0.2) is 9.18 Å². The van der Waals surface area contributed by atoms with Crippen LogP contribution in [0.5, 0.6) is 0 Å². The maximum Gasteiger partial charge on any atom is 0.326 e. The number of carbonyl (C=O) groups excluding carboxylic acids is 1. The van der Waals surface area contributed by atoms with Crippen molar-refractivity contribution in [3.63, 3.8) is 0 Å². The molecule has 1 aromatic carbocycles. The van der Waals surface area contributed by atoms with Crippen LogP contribution in [0.15, 0.2) is 18.2 Å². The molecule has 104 valence electrons. The van der Waals surface area contributed by atoms with Gasteiger partial charge in [-0.1, -0.05) is 20.8 Å². The Hall–Kier alpha value is -2.11. The van der Waals surface area contributed by atoms with Crippen LogP contribution in [0.1, 0.15) is 31.1 Å². The van der Waals surface area contributed by atoms with E-state index in [9.17, 15) is 14.0 Å². The number of carboxylic acids is 1. The van der Waals surface area contributed by atoms with E-state index in [0.29, 0.717) is 0 Å². The molecule has 0 aromatic heterocycles. The second-order valence-corrected chi connectivity index (χ2v) is 5.34. The summed E-state index contributed by atoms with van der Waals surface area (Å²) in [5.41, 5.74) is 4.92. The van der Waals surface area contributed by atoms with Gasteiger partial charge in [-0.3, -0.25) is 4.79 Å². The third kappa shape index (κ3) is 3.67. The molecule has 19 heavy (non-hydrogen) atoms. The van der Waals surface area contributed by atoms with E-state index in [0.717, 1.165) is 12.1 Å². The quantitative estimate of drug-likeness (QED) is 0.726. The van der Waals surface area contributed by atoms with E-state index in [4.69, 9.17) is 10.8 Å². The molecule has 0 aliphatic rings. The number of nitrogens with one attached hydrogen (secondary N) is 1. The number of amides is 1. The van der Waals surface area contributed by atoms with Crippen LogP contribution < -0.4 is 11.1 Å². The highest BCUT2D eigenvalue weighted by Crippen LogP contribution is 2.21. The molecule has 1 amide bonds. The molecule has 0 aliphatic carbocycles. The monoisotopic (exact) mass is 268 g/mol. The number of aliphatic carboxylic acids is 1. The topological polar surface area (TPSA) is 92.4 Å². The van der Waals surface area contributed by atoms with Gasteiger partial charge >= 0.3 is 5.97 Å². The van der Waals surface area contributed by atoms with E-state index in [-0.39, 0.29) is 11.3 Å². The highest BCUT2D eigenvalue weighted by Gasteiger charge is 2.33. The van der Waals surface area contributed by atoms with Gasteiger partial charge in [-0.05, 0) is 23.6 Å². The third-order valence-corrected chi connectivity index (χ3v) is 2.65. The van der Waals surface area contributed by atoms with Gasteiger partial charge in [-0.2, -0.15) is 0 Å². The number of anilines is 1. The fourth-order valence-electron chi connectivity index (χ4n) is 1.58. The van der Waals surface area contributed by atoms with Crippen molar-refractivity contribution in [3.8, 4) is 0 Å². The maximum atomic E-state index is 13.1. The lowest BCUT2D eigenvalue weighted by Gasteiger charge is -2.27. The standard InChI is InChI=1S/C13H17FN2O3/c1-13(2,3)10(12(18)19)16-11(17)8-6-7(14)4-5-9(8)15/h4-6,10H,15H2,1-3H3,(H,16,17)(H,18,19)/t10-/m1/s1. The molecule has 0 saturated heterocycles. The molecule has 0 heterocycles. The molecule has 0 saturated carbocycles. The van der Waals surface area contributed by atoms with Gasteiger partial charge < -0.3 is 16.2 Å². The summed E-state index contributed by atoms with van der Waals surface area (Å²) >= 11 is 0. The lowest BCUT2D eigenvalue weighted by molar-refractivity contribution is -0.142. The van der Waals surface area contributed by atoms with Gasteiger partial charge in [0.2, 0.25) is 0 Å². The van der Waals surface area contributed by atoms with E-state index < -0.39 is 29.2 Å².